The number of hydrogen-bond donors (Lipinski definition) is 3. The van der Waals surface area contributed by atoms with E-state index in [1.807, 2.05) is 0 Å². The highest BCUT2D eigenvalue weighted by atomic mass is 35.5. The SMILES string of the molecule is Cl.O=C(Nc1cc(S(=O)(=O)N2CCCCC2)ccc1O)c1ccccc1NS(=O)(=O)c1ccc(F)cc1. The number of aromatic hydroxyl groups is 1. The molecule has 0 bridgehead atoms. The van der Waals surface area contributed by atoms with E-state index >= 15 is 0 Å². The van der Waals surface area contributed by atoms with Gasteiger partial charge in [-0.05, 0) is 67.4 Å². The van der Waals surface area contributed by atoms with Crippen molar-refractivity contribution >= 4 is 49.7 Å². The van der Waals surface area contributed by atoms with Gasteiger partial charge in [0.05, 0.1) is 26.7 Å². The van der Waals surface area contributed by atoms with Crippen LogP contribution in [0.25, 0.3) is 0 Å². The Balaban J connectivity index is 0.00000380. The largest absolute Gasteiger partial charge is 0.506 e. The second-order valence-corrected chi connectivity index (χ2v) is 11.8. The van der Waals surface area contributed by atoms with Gasteiger partial charge in [-0.3, -0.25) is 9.52 Å². The molecular formula is C24H25ClFN3O6S2. The topological polar surface area (TPSA) is 133 Å². The minimum absolute atomic E-state index is 0. The van der Waals surface area contributed by atoms with Crippen molar-refractivity contribution in [2.45, 2.75) is 29.1 Å². The summed E-state index contributed by atoms with van der Waals surface area (Å²) in [6, 6.07) is 13.6. The number of benzene rings is 3. The Morgan fingerprint density at radius 2 is 1.46 bits per heavy atom. The molecule has 3 N–H and O–H groups in total. The molecule has 1 aliphatic rings. The number of phenolic OH excluding ortho intramolecular Hbond substituents is 1. The van der Waals surface area contributed by atoms with Crippen LogP contribution in [0.4, 0.5) is 15.8 Å². The molecule has 3 aromatic carbocycles. The average Bonchev–Trinajstić information content (AvgIpc) is 2.86. The number of anilines is 2. The first-order chi connectivity index (χ1) is 17.1. The Bertz CT molecular complexity index is 1490. The molecule has 198 valence electrons. The average molecular weight is 570 g/mol. The first kappa shape index (κ1) is 28.4. The van der Waals surface area contributed by atoms with E-state index in [9.17, 15) is 31.1 Å². The van der Waals surface area contributed by atoms with Crippen LogP contribution >= 0.6 is 12.4 Å². The molecule has 1 saturated heterocycles. The molecule has 3 aromatic rings. The summed E-state index contributed by atoms with van der Waals surface area (Å²) in [5.74, 6) is -1.74. The third-order valence-electron chi connectivity index (χ3n) is 5.71. The molecule has 0 atom stereocenters. The number of para-hydroxylation sites is 1. The number of phenols is 1. The molecule has 4 rings (SSSR count). The van der Waals surface area contributed by atoms with Gasteiger partial charge in [0.2, 0.25) is 10.0 Å². The zero-order chi connectivity index (χ0) is 25.9. The van der Waals surface area contributed by atoms with E-state index < -0.39 is 31.8 Å². The van der Waals surface area contributed by atoms with Gasteiger partial charge >= 0.3 is 0 Å². The monoisotopic (exact) mass is 569 g/mol. The summed E-state index contributed by atoms with van der Waals surface area (Å²) < 4.78 is 68.3. The van der Waals surface area contributed by atoms with Crippen LogP contribution in [0.3, 0.4) is 0 Å². The Labute approximate surface area is 220 Å². The highest BCUT2D eigenvalue weighted by molar-refractivity contribution is 7.92. The molecule has 0 saturated carbocycles. The summed E-state index contributed by atoms with van der Waals surface area (Å²) >= 11 is 0. The number of rotatable bonds is 7. The number of piperidine rings is 1. The number of sulfonamides is 2. The van der Waals surface area contributed by atoms with E-state index in [4.69, 9.17) is 0 Å². The van der Waals surface area contributed by atoms with Crippen molar-refractivity contribution in [2.75, 3.05) is 23.1 Å². The standard InChI is InChI=1S/C24H24FN3O6S2.ClH/c25-17-8-10-18(11-9-17)35(31,32)27-21-7-3-2-6-20(21)24(30)26-22-16-19(12-13-23(22)29)36(33,34)28-14-4-1-5-15-28;/h2-3,6-13,16,27,29H,1,4-5,14-15H2,(H,26,30);1H. The fourth-order valence-corrected chi connectivity index (χ4v) is 6.43. The fourth-order valence-electron chi connectivity index (χ4n) is 3.81. The smallest absolute Gasteiger partial charge is 0.261 e. The van der Waals surface area contributed by atoms with E-state index in [0.717, 1.165) is 43.5 Å². The molecule has 0 unspecified atom stereocenters. The lowest BCUT2D eigenvalue weighted by molar-refractivity contribution is 0.102. The van der Waals surface area contributed by atoms with Gasteiger partial charge < -0.3 is 10.4 Å². The van der Waals surface area contributed by atoms with Crippen molar-refractivity contribution in [3.8, 4) is 5.75 Å². The summed E-state index contributed by atoms with van der Waals surface area (Å²) in [4.78, 5) is 12.8. The Morgan fingerprint density at radius 3 is 2.14 bits per heavy atom. The van der Waals surface area contributed by atoms with Crippen LogP contribution in [0.1, 0.15) is 29.6 Å². The molecule has 37 heavy (non-hydrogen) atoms. The minimum Gasteiger partial charge on any atom is -0.506 e. The number of nitrogens with zero attached hydrogens (tertiary/aromatic N) is 1. The molecule has 9 nitrogen and oxygen atoms in total. The number of hydrogen-bond acceptors (Lipinski definition) is 6. The maximum atomic E-state index is 13.2. The Hall–Kier alpha value is -3.19. The van der Waals surface area contributed by atoms with E-state index in [-0.39, 0.29) is 44.9 Å². The van der Waals surface area contributed by atoms with E-state index in [1.165, 1.54) is 46.8 Å². The molecule has 0 aromatic heterocycles. The summed E-state index contributed by atoms with van der Waals surface area (Å²) in [6.07, 6.45) is 2.46. The predicted octanol–water partition coefficient (Wildman–Crippen LogP) is 4.18. The van der Waals surface area contributed by atoms with Crippen molar-refractivity contribution in [3.05, 3.63) is 78.1 Å². The maximum absolute atomic E-state index is 13.2. The van der Waals surface area contributed by atoms with Crippen LogP contribution in [0, 0.1) is 5.82 Å². The molecule has 13 heteroatoms. The Morgan fingerprint density at radius 1 is 0.838 bits per heavy atom. The van der Waals surface area contributed by atoms with Gasteiger partial charge in [-0.2, -0.15) is 4.31 Å². The lowest BCUT2D eigenvalue weighted by atomic mass is 10.1. The van der Waals surface area contributed by atoms with Gasteiger partial charge in [0, 0.05) is 13.1 Å². The summed E-state index contributed by atoms with van der Waals surface area (Å²) in [5, 5.41) is 12.7. The first-order valence-corrected chi connectivity index (χ1v) is 14.0. The number of carbonyl (C=O) groups is 1. The van der Waals surface area contributed by atoms with Crippen LogP contribution in [0.5, 0.6) is 5.75 Å². The second-order valence-electron chi connectivity index (χ2n) is 8.20. The van der Waals surface area contributed by atoms with E-state index in [2.05, 4.69) is 10.0 Å². The summed E-state index contributed by atoms with van der Waals surface area (Å²) in [6.45, 7) is 0.791. The normalized spacial score (nSPS) is 14.4. The summed E-state index contributed by atoms with van der Waals surface area (Å²) in [5.41, 5.74) is -0.280. The van der Waals surface area contributed by atoms with Gasteiger partial charge in [0.1, 0.15) is 11.6 Å². The van der Waals surface area contributed by atoms with E-state index in [0.29, 0.717) is 13.1 Å². The third-order valence-corrected chi connectivity index (χ3v) is 8.99. The van der Waals surface area contributed by atoms with Crippen molar-refractivity contribution in [2.24, 2.45) is 0 Å². The van der Waals surface area contributed by atoms with Crippen LogP contribution in [0.15, 0.2) is 76.5 Å². The minimum atomic E-state index is -4.14. The molecule has 1 fully saturated rings. The van der Waals surface area contributed by atoms with Crippen molar-refractivity contribution in [1.29, 1.82) is 0 Å². The lowest BCUT2D eigenvalue weighted by Crippen LogP contribution is -2.35. The third kappa shape index (κ3) is 6.39. The quantitative estimate of drug-likeness (QED) is 0.366. The van der Waals surface area contributed by atoms with Crippen LogP contribution < -0.4 is 10.0 Å². The maximum Gasteiger partial charge on any atom is 0.261 e. The van der Waals surface area contributed by atoms with Gasteiger partial charge in [0.25, 0.3) is 15.9 Å². The van der Waals surface area contributed by atoms with Crippen molar-refractivity contribution in [1.82, 2.24) is 4.31 Å². The lowest BCUT2D eigenvalue weighted by Gasteiger charge is -2.26. The van der Waals surface area contributed by atoms with Crippen LogP contribution in [-0.4, -0.2) is 45.2 Å². The van der Waals surface area contributed by atoms with Gasteiger partial charge in [-0.15, -0.1) is 12.4 Å². The zero-order valence-electron chi connectivity index (χ0n) is 19.4. The zero-order valence-corrected chi connectivity index (χ0v) is 21.9. The van der Waals surface area contributed by atoms with Gasteiger partial charge in [-0.1, -0.05) is 18.6 Å². The molecule has 1 heterocycles. The number of amides is 1. The molecule has 1 amide bonds. The molecule has 0 spiro atoms. The van der Waals surface area contributed by atoms with E-state index in [1.54, 1.807) is 0 Å². The highest BCUT2D eigenvalue weighted by Crippen LogP contribution is 2.30. The van der Waals surface area contributed by atoms with Gasteiger partial charge in [-0.25, -0.2) is 21.2 Å². The Kier molecular flexibility index (Phi) is 8.80. The molecule has 1 aliphatic heterocycles. The van der Waals surface area contributed by atoms with Crippen molar-refractivity contribution in [3.63, 3.8) is 0 Å². The van der Waals surface area contributed by atoms with Gasteiger partial charge in [0.15, 0.2) is 0 Å². The van der Waals surface area contributed by atoms with Crippen LogP contribution in [-0.2, 0) is 20.0 Å². The van der Waals surface area contributed by atoms with Crippen molar-refractivity contribution < 1.29 is 31.1 Å². The first-order valence-electron chi connectivity index (χ1n) is 11.1. The number of nitrogens with one attached hydrogen (secondary N) is 2. The number of carbonyl (C=O) groups excluding carboxylic acids is 1. The molecule has 0 aliphatic carbocycles. The van der Waals surface area contributed by atoms with Crippen LogP contribution in [0.2, 0.25) is 0 Å². The molecular weight excluding hydrogens is 545 g/mol. The highest BCUT2D eigenvalue weighted by Gasteiger charge is 2.27. The summed E-state index contributed by atoms with van der Waals surface area (Å²) in [7, 11) is -7.95. The second kappa shape index (κ2) is 11.5. The molecule has 0 radical (unpaired) electrons. The number of halogens is 2. The predicted molar refractivity (Wildman–Crippen MR) is 140 cm³/mol. The fraction of sp³-hybridized carbons (Fsp3) is 0.208.